The fraction of sp³-hybridized carbons (Fsp3) is 0.750. The SMILES string of the molecule is COc1ccc(C(OC[C@@H]2C[C@@H]3CC[C@@H]2C3)OC[C@@H]2C[C@H]3CC[C@@H]2C3)cc1. The fourth-order valence-corrected chi connectivity index (χ4v) is 6.58. The van der Waals surface area contributed by atoms with Crippen LogP contribution in [0.4, 0.5) is 0 Å². The lowest BCUT2D eigenvalue weighted by Gasteiger charge is -2.28. The Labute approximate surface area is 163 Å². The Morgan fingerprint density at radius 1 is 0.778 bits per heavy atom. The molecule has 0 spiro atoms. The summed E-state index contributed by atoms with van der Waals surface area (Å²) >= 11 is 0. The number of methoxy groups -OCH3 is 1. The summed E-state index contributed by atoms with van der Waals surface area (Å²) in [6.45, 7) is 1.71. The van der Waals surface area contributed by atoms with Crippen LogP contribution in [0.15, 0.2) is 24.3 Å². The first kappa shape index (κ1) is 18.0. The molecule has 1 unspecified atom stereocenters. The van der Waals surface area contributed by atoms with Crippen LogP contribution >= 0.6 is 0 Å². The minimum Gasteiger partial charge on any atom is -0.497 e. The van der Waals surface area contributed by atoms with E-state index in [0.717, 1.165) is 60.0 Å². The van der Waals surface area contributed by atoms with Gasteiger partial charge >= 0.3 is 0 Å². The molecular weight excluding hydrogens is 336 g/mol. The van der Waals surface area contributed by atoms with Crippen molar-refractivity contribution < 1.29 is 14.2 Å². The van der Waals surface area contributed by atoms with Gasteiger partial charge in [-0.2, -0.15) is 0 Å². The highest BCUT2D eigenvalue weighted by molar-refractivity contribution is 5.27. The van der Waals surface area contributed by atoms with Crippen LogP contribution in [0.5, 0.6) is 5.75 Å². The highest BCUT2D eigenvalue weighted by Gasteiger charge is 2.41. The maximum absolute atomic E-state index is 6.42. The smallest absolute Gasteiger partial charge is 0.183 e. The van der Waals surface area contributed by atoms with Crippen molar-refractivity contribution >= 4 is 0 Å². The van der Waals surface area contributed by atoms with Crippen LogP contribution < -0.4 is 4.74 Å². The first-order valence-corrected chi connectivity index (χ1v) is 11.2. The lowest BCUT2D eigenvalue weighted by atomic mass is 9.89. The Morgan fingerprint density at radius 2 is 1.33 bits per heavy atom. The van der Waals surface area contributed by atoms with Crippen LogP contribution in [-0.4, -0.2) is 20.3 Å². The lowest BCUT2D eigenvalue weighted by molar-refractivity contribution is -0.166. The summed E-state index contributed by atoms with van der Waals surface area (Å²) in [7, 11) is 1.71. The van der Waals surface area contributed by atoms with Gasteiger partial charge in [-0.25, -0.2) is 0 Å². The number of rotatable bonds is 8. The molecule has 0 heterocycles. The molecule has 3 heteroatoms. The Kier molecular flexibility index (Phi) is 5.17. The zero-order valence-electron chi connectivity index (χ0n) is 16.6. The molecule has 0 radical (unpaired) electrons. The second-order valence-electron chi connectivity index (χ2n) is 9.64. The summed E-state index contributed by atoms with van der Waals surface area (Å²) in [4.78, 5) is 0. The number of fused-ring (bicyclic) bond motifs is 4. The van der Waals surface area contributed by atoms with Crippen molar-refractivity contribution in [2.24, 2.45) is 35.5 Å². The second-order valence-corrected chi connectivity index (χ2v) is 9.64. The Bertz CT molecular complexity index is 595. The maximum atomic E-state index is 6.42. The lowest BCUT2D eigenvalue weighted by Crippen LogP contribution is -2.23. The van der Waals surface area contributed by atoms with Gasteiger partial charge in [-0.3, -0.25) is 0 Å². The van der Waals surface area contributed by atoms with E-state index in [9.17, 15) is 0 Å². The summed E-state index contributed by atoms with van der Waals surface area (Å²) in [6, 6.07) is 8.24. The van der Waals surface area contributed by atoms with Crippen LogP contribution in [-0.2, 0) is 9.47 Å². The average molecular weight is 371 g/mol. The molecule has 0 aliphatic heterocycles. The summed E-state index contributed by atoms with van der Waals surface area (Å²) in [5.41, 5.74) is 1.13. The van der Waals surface area contributed by atoms with Gasteiger partial charge in [-0.1, -0.05) is 25.0 Å². The van der Waals surface area contributed by atoms with E-state index in [1.165, 1.54) is 51.4 Å². The molecule has 4 aliphatic rings. The van der Waals surface area contributed by atoms with Gasteiger partial charge in [0.05, 0.1) is 20.3 Å². The summed E-state index contributed by atoms with van der Waals surface area (Å²) in [5, 5.41) is 0. The molecule has 4 aliphatic carbocycles. The van der Waals surface area contributed by atoms with E-state index in [-0.39, 0.29) is 6.29 Å². The molecule has 148 valence electrons. The molecule has 1 aromatic rings. The van der Waals surface area contributed by atoms with E-state index in [1.54, 1.807) is 7.11 Å². The minimum absolute atomic E-state index is 0.228. The van der Waals surface area contributed by atoms with Crippen molar-refractivity contribution in [2.45, 2.75) is 57.7 Å². The molecule has 27 heavy (non-hydrogen) atoms. The standard InChI is InChI=1S/C24H34O3/c1-25-23-8-6-18(7-9-23)24(26-14-21-12-16-2-4-19(21)10-16)27-15-22-13-17-3-5-20(22)11-17/h6-9,16-17,19-22,24H,2-5,10-15H2,1H3/t16-,17+,19-,20-,21+,22+,24?/m1/s1. The van der Waals surface area contributed by atoms with Crippen LogP contribution in [0.1, 0.15) is 63.2 Å². The minimum atomic E-state index is -0.228. The van der Waals surface area contributed by atoms with Gasteiger partial charge in [0.15, 0.2) is 6.29 Å². The highest BCUT2D eigenvalue weighted by atomic mass is 16.7. The van der Waals surface area contributed by atoms with Crippen molar-refractivity contribution in [1.82, 2.24) is 0 Å². The Morgan fingerprint density at radius 3 is 1.74 bits per heavy atom. The van der Waals surface area contributed by atoms with Gasteiger partial charge in [0, 0.05) is 5.56 Å². The third kappa shape index (κ3) is 3.78. The second kappa shape index (κ2) is 7.75. The van der Waals surface area contributed by atoms with E-state index < -0.39 is 0 Å². The van der Waals surface area contributed by atoms with Gasteiger partial charge in [-0.15, -0.1) is 0 Å². The molecule has 4 saturated carbocycles. The summed E-state index contributed by atoms with van der Waals surface area (Å²) in [5.74, 6) is 6.12. The Balaban J connectivity index is 1.22. The first-order valence-electron chi connectivity index (χ1n) is 11.2. The van der Waals surface area contributed by atoms with Crippen molar-refractivity contribution in [3.63, 3.8) is 0 Å². The van der Waals surface area contributed by atoms with E-state index in [1.807, 2.05) is 12.1 Å². The number of hydrogen-bond donors (Lipinski definition) is 0. The van der Waals surface area contributed by atoms with Gasteiger partial charge in [0.1, 0.15) is 5.75 Å². The number of benzene rings is 1. The third-order valence-electron chi connectivity index (χ3n) is 8.08. The highest BCUT2D eigenvalue weighted by Crippen LogP contribution is 2.50. The number of hydrogen-bond acceptors (Lipinski definition) is 3. The largest absolute Gasteiger partial charge is 0.497 e. The summed E-state index contributed by atoms with van der Waals surface area (Å²) < 4.78 is 18.1. The van der Waals surface area contributed by atoms with Crippen molar-refractivity contribution in [3.8, 4) is 5.75 Å². The topological polar surface area (TPSA) is 27.7 Å². The predicted molar refractivity (Wildman–Crippen MR) is 106 cm³/mol. The molecule has 1 aromatic carbocycles. The first-order chi connectivity index (χ1) is 13.3. The molecule has 7 atom stereocenters. The molecular formula is C24H34O3. The van der Waals surface area contributed by atoms with Crippen LogP contribution in [0, 0.1) is 35.5 Å². The molecule has 5 rings (SSSR count). The van der Waals surface area contributed by atoms with Crippen molar-refractivity contribution in [2.75, 3.05) is 20.3 Å². The third-order valence-corrected chi connectivity index (χ3v) is 8.08. The van der Waals surface area contributed by atoms with Crippen molar-refractivity contribution in [3.05, 3.63) is 29.8 Å². The maximum Gasteiger partial charge on any atom is 0.183 e. The molecule has 4 fully saturated rings. The molecule has 0 aromatic heterocycles. The van der Waals surface area contributed by atoms with Crippen LogP contribution in [0.3, 0.4) is 0 Å². The van der Waals surface area contributed by atoms with E-state index in [0.29, 0.717) is 0 Å². The van der Waals surface area contributed by atoms with E-state index in [2.05, 4.69) is 12.1 Å². The van der Waals surface area contributed by atoms with E-state index in [4.69, 9.17) is 14.2 Å². The zero-order chi connectivity index (χ0) is 18.2. The Hall–Kier alpha value is -1.06. The summed E-state index contributed by atoms with van der Waals surface area (Å²) in [6.07, 6.45) is 11.1. The fourth-order valence-electron chi connectivity index (χ4n) is 6.58. The molecule has 3 nitrogen and oxygen atoms in total. The van der Waals surface area contributed by atoms with E-state index >= 15 is 0 Å². The normalized spacial score (nSPS) is 37.8. The van der Waals surface area contributed by atoms with Crippen LogP contribution in [0.2, 0.25) is 0 Å². The van der Waals surface area contributed by atoms with Crippen LogP contribution in [0.25, 0.3) is 0 Å². The van der Waals surface area contributed by atoms with Crippen molar-refractivity contribution in [1.29, 1.82) is 0 Å². The van der Waals surface area contributed by atoms with Gasteiger partial charge in [0.25, 0.3) is 0 Å². The quantitative estimate of drug-likeness (QED) is 0.558. The number of ether oxygens (including phenoxy) is 3. The average Bonchev–Trinajstić information content (AvgIpc) is 3.49. The predicted octanol–water partition coefficient (Wildman–Crippen LogP) is 5.60. The monoisotopic (exact) mass is 370 g/mol. The van der Waals surface area contributed by atoms with Gasteiger partial charge in [-0.05, 0) is 86.2 Å². The van der Waals surface area contributed by atoms with Gasteiger partial charge in [0.2, 0.25) is 0 Å². The molecule has 0 amide bonds. The van der Waals surface area contributed by atoms with Gasteiger partial charge < -0.3 is 14.2 Å². The zero-order valence-corrected chi connectivity index (χ0v) is 16.6. The molecule has 0 N–H and O–H groups in total. The molecule has 0 saturated heterocycles. The molecule has 4 bridgehead atoms.